The van der Waals surface area contributed by atoms with E-state index in [0.717, 1.165) is 29.0 Å². The molecule has 2 heterocycles. The monoisotopic (exact) mass is 460 g/mol. The van der Waals surface area contributed by atoms with Crippen LogP contribution in [0.4, 0.5) is 29.5 Å². The number of amides is 2. The maximum absolute atomic E-state index is 12.9. The second-order valence-electron chi connectivity index (χ2n) is 8.63. The third-order valence-corrected chi connectivity index (χ3v) is 6.20. The van der Waals surface area contributed by atoms with Gasteiger partial charge in [0.05, 0.1) is 16.9 Å². The quantitative estimate of drug-likeness (QED) is 0.464. The number of halogens is 3. The number of carbonyl (C=O) groups excluding carboxylic acids is 1. The van der Waals surface area contributed by atoms with E-state index in [2.05, 4.69) is 36.5 Å². The number of hydrogen-bond donors (Lipinski definition) is 2. The lowest BCUT2D eigenvalue weighted by Crippen LogP contribution is -2.22. The highest BCUT2D eigenvalue weighted by Gasteiger charge is 2.30. The normalized spacial score (nSPS) is 13.7. The van der Waals surface area contributed by atoms with Gasteiger partial charge in [-0.15, -0.1) is 0 Å². The molecule has 3 aromatic rings. The predicted octanol–water partition coefficient (Wildman–Crippen LogP) is 6.58. The van der Waals surface area contributed by atoms with Crippen LogP contribution >= 0.6 is 11.8 Å². The zero-order chi connectivity index (χ0) is 23.1. The summed E-state index contributed by atoms with van der Waals surface area (Å²) in [5, 5.41) is 10.2. The number of urea groups is 1. The fraction of sp³-hybridized carbons (Fsp3) is 0.304. The van der Waals surface area contributed by atoms with Crippen molar-refractivity contribution in [2.24, 2.45) is 0 Å². The third-order valence-electron chi connectivity index (χ3n) is 5.23. The number of alkyl halides is 3. The van der Waals surface area contributed by atoms with Crippen LogP contribution in [0.5, 0.6) is 0 Å². The number of aromatic nitrogens is 2. The van der Waals surface area contributed by atoms with Crippen molar-refractivity contribution < 1.29 is 18.0 Å². The van der Waals surface area contributed by atoms with Crippen molar-refractivity contribution in [1.82, 2.24) is 9.78 Å². The van der Waals surface area contributed by atoms with Gasteiger partial charge in [-0.2, -0.15) is 30.0 Å². The summed E-state index contributed by atoms with van der Waals surface area (Å²) in [6.45, 7) is 6.34. The lowest BCUT2D eigenvalue weighted by molar-refractivity contribution is -0.137. The number of nitrogens with one attached hydrogen (secondary N) is 2. The molecule has 0 unspecified atom stereocenters. The fourth-order valence-electron chi connectivity index (χ4n) is 3.44. The van der Waals surface area contributed by atoms with Crippen LogP contribution in [0.25, 0.3) is 5.69 Å². The van der Waals surface area contributed by atoms with Gasteiger partial charge < -0.3 is 5.32 Å². The van der Waals surface area contributed by atoms with Crippen LogP contribution < -0.4 is 10.6 Å². The molecule has 0 aliphatic carbocycles. The second kappa shape index (κ2) is 8.20. The van der Waals surface area contributed by atoms with E-state index in [1.54, 1.807) is 11.8 Å². The summed E-state index contributed by atoms with van der Waals surface area (Å²) in [7, 11) is 0. The van der Waals surface area contributed by atoms with Gasteiger partial charge in [0.1, 0.15) is 5.82 Å². The van der Waals surface area contributed by atoms with Crippen molar-refractivity contribution >= 4 is 29.3 Å². The largest absolute Gasteiger partial charge is 0.416 e. The van der Waals surface area contributed by atoms with E-state index in [1.165, 1.54) is 16.8 Å². The van der Waals surface area contributed by atoms with Gasteiger partial charge in [-0.05, 0) is 47.4 Å². The molecule has 0 radical (unpaired) electrons. The Balaban J connectivity index is 1.56. The number of anilines is 2. The average molecular weight is 461 g/mol. The van der Waals surface area contributed by atoms with Crippen LogP contribution in [0, 0.1) is 0 Å². The van der Waals surface area contributed by atoms with Crippen LogP contribution in [0.15, 0.2) is 48.5 Å². The molecule has 4 rings (SSSR count). The summed E-state index contributed by atoms with van der Waals surface area (Å²) in [6.07, 6.45) is -4.41. The van der Waals surface area contributed by atoms with Crippen molar-refractivity contribution in [3.05, 3.63) is 70.9 Å². The Kier molecular flexibility index (Phi) is 5.70. The summed E-state index contributed by atoms with van der Waals surface area (Å²) < 4.78 is 40.2. The van der Waals surface area contributed by atoms with Gasteiger partial charge in [0.15, 0.2) is 0 Å². The minimum atomic E-state index is -4.41. The Morgan fingerprint density at radius 1 is 0.938 bits per heavy atom. The number of carbonyl (C=O) groups is 1. The van der Waals surface area contributed by atoms with Crippen LogP contribution in [0.1, 0.15) is 43.2 Å². The van der Waals surface area contributed by atoms with E-state index < -0.39 is 17.8 Å². The van der Waals surface area contributed by atoms with Crippen molar-refractivity contribution in [3.63, 3.8) is 0 Å². The molecule has 0 fully saturated rings. The molecule has 1 aromatic heterocycles. The molecule has 1 aliphatic rings. The Morgan fingerprint density at radius 2 is 1.56 bits per heavy atom. The van der Waals surface area contributed by atoms with Crippen LogP contribution in [-0.4, -0.2) is 15.8 Å². The smallest absolute Gasteiger partial charge is 0.308 e. The zero-order valence-electron chi connectivity index (χ0n) is 17.9. The van der Waals surface area contributed by atoms with Crippen LogP contribution in [0.3, 0.4) is 0 Å². The highest BCUT2D eigenvalue weighted by Crippen LogP contribution is 2.37. The summed E-state index contributed by atoms with van der Waals surface area (Å²) >= 11 is 1.67. The first-order chi connectivity index (χ1) is 15.0. The Bertz CT molecular complexity index is 1130. The number of nitrogens with zero attached hydrogens (tertiary/aromatic N) is 2. The van der Waals surface area contributed by atoms with E-state index in [4.69, 9.17) is 0 Å². The van der Waals surface area contributed by atoms with E-state index >= 15 is 0 Å². The maximum atomic E-state index is 12.9. The van der Waals surface area contributed by atoms with Gasteiger partial charge in [0.25, 0.3) is 0 Å². The molecule has 1 aliphatic heterocycles. The van der Waals surface area contributed by atoms with Gasteiger partial charge >= 0.3 is 12.2 Å². The zero-order valence-corrected chi connectivity index (χ0v) is 18.7. The minimum absolute atomic E-state index is 0.00712. The van der Waals surface area contributed by atoms with E-state index in [0.29, 0.717) is 28.7 Å². The summed E-state index contributed by atoms with van der Waals surface area (Å²) in [5.41, 5.74) is 3.21. The van der Waals surface area contributed by atoms with E-state index in [9.17, 15) is 18.0 Å². The van der Waals surface area contributed by atoms with Crippen molar-refractivity contribution in [2.45, 2.75) is 43.9 Å². The maximum Gasteiger partial charge on any atom is 0.416 e. The molecular weight excluding hydrogens is 437 g/mol. The van der Waals surface area contributed by atoms with Gasteiger partial charge in [0, 0.05) is 22.8 Å². The molecule has 0 saturated carbocycles. The topological polar surface area (TPSA) is 59.0 Å². The SMILES string of the molecule is CC(C)(C)c1ccc(NC(=O)Nc2c3c(nn2-c2ccc(C(F)(F)F)cc2)CSC3)cc1. The summed E-state index contributed by atoms with van der Waals surface area (Å²) in [5.74, 6) is 1.83. The molecule has 0 spiro atoms. The summed E-state index contributed by atoms with van der Waals surface area (Å²) in [4.78, 5) is 12.7. The molecule has 2 amide bonds. The molecule has 2 aromatic carbocycles. The molecule has 2 N–H and O–H groups in total. The first-order valence-electron chi connectivity index (χ1n) is 10.1. The average Bonchev–Trinajstić information content (AvgIpc) is 3.30. The molecule has 0 bridgehead atoms. The predicted molar refractivity (Wildman–Crippen MR) is 121 cm³/mol. The first-order valence-corrected chi connectivity index (χ1v) is 11.2. The molecule has 5 nitrogen and oxygen atoms in total. The number of thioether (sulfide) groups is 1. The highest BCUT2D eigenvalue weighted by molar-refractivity contribution is 7.98. The number of hydrogen-bond acceptors (Lipinski definition) is 3. The Labute approximate surface area is 188 Å². The van der Waals surface area contributed by atoms with E-state index in [1.807, 2.05) is 24.3 Å². The lowest BCUT2D eigenvalue weighted by Gasteiger charge is -2.19. The van der Waals surface area contributed by atoms with Crippen molar-refractivity contribution in [2.75, 3.05) is 10.6 Å². The van der Waals surface area contributed by atoms with Crippen molar-refractivity contribution in [1.29, 1.82) is 0 Å². The highest BCUT2D eigenvalue weighted by atomic mass is 32.2. The molecule has 9 heteroatoms. The van der Waals surface area contributed by atoms with Gasteiger partial charge in [0.2, 0.25) is 0 Å². The van der Waals surface area contributed by atoms with E-state index in [-0.39, 0.29) is 5.41 Å². The molecule has 32 heavy (non-hydrogen) atoms. The Morgan fingerprint density at radius 3 is 2.16 bits per heavy atom. The van der Waals surface area contributed by atoms with Crippen LogP contribution in [0.2, 0.25) is 0 Å². The standard InChI is InChI=1S/C23H23F3N4OS/c1-22(2,3)14-4-8-16(9-5-14)27-21(31)28-20-18-12-32-13-19(18)29-30(20)17-10-6-15(7-11-17)23(24,25)26/h4-11H,12-13H2,1-3H3,(H2,27,28,31). The first kappa shape index (κ1) is 22.3. The lowest BCUT2D eigenvalue weighted by atomic mass is 9.87. The second-order valence-corrected chi connectivity index (χ2v) is 9.62. The number of benzene rings is 2. The molecule has 0 atom stereocenters. The fourth-order valence-corrected chi connectivity index (χ4v) is 4.48. The van der Waals surface area contributed by atoms with Gasteiger partial charge in [-0.25, -0.2) is 9.48 Å². The summed E-state index contributed by atoms with van der Waals surface area (Å²) in [6, 6.07) is 11.9. The van der Waals surface area contributed by atoms with Crippen molar-refractivity contribution in [3.8, 4) is 5.69 Å². The van der Waals surface area contributed by atoms with Gasteiger partial charge in [-0.3, -0.25) is 5.32 Å². The molecular formula is C23H23F3N4OS. The van der Waals surface area contributed by atoms with Gasteiger partial charge in [-0.1, -0.05) is 32.9 Å². The molecule has 168 valence electrons. The Hall–Kier alpha value is -2.94. The minimum Gasteiger partial charge on any atom is -0.308 e. The van der Waals surface area contributed by atoms with Crippen LogP contribution in [-0.2, 0) is 23.1 Å². The third kappa shape index (κ3) is 4.62. The number of fused-ring (bicyclic) bond motifs is 1. The molecule has 0 saturated heterocycles. The number of rotatable bonds is 3.